The summed E-state index contributed by atoms with van der Waals surface area (Å²) in [7, 11) is 1.62. The molecule has 7 nitrogen and oxygen atoms in total. The zero-order chi connectivity index (χ0) is 13.3. The van der Waals surface area contributed by atoms with Gasteiger partial charge in [0.2, 0.25) is 0 Å². The van der Waals surface area contributed by atoms with Crippen LogP contribution >= 0.6 is 11.6 Å². The van der Waals surface area contributed by atoms with Gasteiger partial charge in [0.1, 0.15) is 16.9 Å². The molecule has 18 heavy (non-hydrogen) atoms. The van der Waals surface area contributed by atoms with E-state index in [0.717, 1.165) is 6.20 Å². The zero-order valence-corrected chi connectivity index (χ0v) is 10.3. The first kappa shape index (κ1) is 12.7. The Morgan fingerprint density at radius 1 is 1.67 bits per heavy atom. The highest BCUT2D eigenvalue weighted by molar-refractivity contribution is 6.29. The topological polar surface area (TPSA) is 88.4 Å². The Labute approximate surface area is 108 Å². The number of halogens is 1. The molecule has 1 aromatic rings. The van der Waals surface area contributed by atoms with E-state index in [1.54, 1.807) is 7.05 Å². The van der Waals surface area contributed by atoms with E-state index in [9.17, 15) is 14.9 Å². The van der Waals surface area contributed by atoms with Crippen LogP contribution in [0.15, 0.2) is 12.3 Å². The smallest absolute Gasteiger partial charge is 0.300 e. The number of carbonyl (C=O) groups is 1. The third-order valence-electron chi connectivity index (χ3n) is 2.90. The van der Waals surface area contributed by atoms with E-state index >= 15 is 0 Å². The summed E-state index contributed by atoms with van der Waals surface area (Å²) < 4.78 is 0. The van der Waals surface area contributed by atoms with Crippen molar-refractivity contribution in [2.24, 2.45) is 0 Å². The number of nitrogens with one attached hydrogen (secondary N) is 1. The maximum absolute atomic E-state index is 12.2. The van der Waals surface area contributed by atoms with E-state index in [1.807, 2.05) is 0 Å². The first-order valence-electron chi connectivity index (χ1n) is 5.28. The molecule has 0 aliphatic carbocycles. The molecule has 2 heterocycles. The second-order valence-corrected chi connectivity index (χ2v) is 4.40. The molecule has 0 aromatic carbocycles. The first-order valence-corrected chi connectivity index (χ1v) is 5.66. The Balaban J connectivity index is 2.33. The highest BCUT2D eigenvalue weighted by Crippen LogP contribution is 2.22. The summed E-state index contributed by atoms with van der Waals surface area (Å²) in [5.74, 6) is -0.419. The van der Waals surface area contributed by atoms with Gasteiger partial charge < -0.3 is 10.2 Å². The Kier molecular flexibility index (Phi) is 3.44. The van der Waals surface area contributed by atoms with Crippen LogP contribution in [0.2, 0.25) is 5.15 Å². The molecule has 2 rings (SSSR count). The standard InChI is InChI=1S/C10H11ClN4O3/c1-14(6-3-12-4-6)10(16)7-2-9(11)13-5-8(7)15(17)18/h2,5-6,12H,3-4H2,1H3. The fourth-order valence-electron chi connectivity index (χ4n) is 1.64. The van der Waals surface area contributed by atoms with Gasteiger partial charge in [0, 0.05) is 20.1 Å². The molecule has 1 aromatic heterocycles. The van der Waals surface area contributed by atoms with Gasteiger partial charge in [0.05, 0.1) is 11.0 Å². The summed E-state index contributed by atoms with van der Waals surface area (Å²) in [6.07, 6.45) is 1.00. The van der Waals surface area contributed by atoms with Crippen LogP contribution in [0.5, 0.6) is 0 Å². The van der Waals surface area contributed by atoms with Crippen molar-refractivity contribution in [1.82, 2.24) is 15.2 Å². The molecule has 96 valence electrons. The summed E-state index contributed by atoms with van der Waals surface area (Å²) in [6, 6.07) is 1.29. The Bertz CT molecular complexity index is 504. The number of pyridine rings is 1. The van der Waals surface area contributed by atoms with Crippen LogP contribution in [0.4, 0.5) is 5.69 Å². The molecule has 1 aliphatic heterocycles. The van der Waals surface area contributed by atoms with Gasteiger partial charge in [-0.2, -0.15) is 0 Å². The molecule has 1 amide bonds. The maximum Gasteiger partial charge on any atom is 0.300 e. The molecule has 0 saturated carbocycles. The molecule has 0 bridgehead atoms. The number of nitro groups is 1. The van der Waals surface area contributed by atoms with Gasteiger partial charge in [-0.05, 0) is 6.07 Å². The molecule has 0 unspecified atom stereocenters. The van der Waals surface area contributed by atoms with Crippen molar-refractivity contribution < 1.29 is 9.72 Å². The number of aromatic nitrogens is 1. The van der Waals surface area contributed by atoms with Gasteiger partial charge in [-0.15, -0.1) is 0 Å². The van der Waals surface area contributed by atoms with Gasteiger partial charge in [0.15, 0.2) is 0 Å². The number of carbonyl (C=O) groups excluding carboxylic acids is 1. The van der Waals surface area contributed by atoms with E-state index in [2.05, 4.69) is 10.3 Å². The Morgan fingerprint density at radius 3 is 2.83 bits per heavy atom. The molecule has 1 aliphatic rings. The predicted molar refractivity (Wildman–Crippen MR) is 64.7 cm³/mol. The van der Waals surface area contributed by atoms with Crippen LogP contribution < -0.4 is 5.32 Å². The maximum atomic E-state index is 12.2. The van der Waals surface area contributed by atoms with Gasteiger partial charge in [-0.3, -0.25) is 14.9 Å². The molecule has 0 spiro atoms. The van der Waals surface area contributed by atoms with E-state index in [0.29, 0.717) is 13.1 Å². The van der Waals surface area contributed by atoms with Crippen LogP contribution in [0.1, 0.15) is 10.4 Å². The molecule has 8 heteroatoms. The highest BCUT2D eigenvalue weighted by atomic mass is 35.5. The fourth-order valence-corrected chi connectivity index (χ4v) is 1.80. The lowest BCUT2D eigenvalue weighted by Crippen LogP contribution is -2.57. The molecule has 0 radical (unpaired) electrons. The SMILES string of the molecule is CN(C(=O)c1cc(Cl)ncc1[N+](=O)[O-])C1CNC1. The molecular formula is C10H11ClN4O3. The minimum absolute atomic E-state index is 0.0330. The first-order chi connectivity index (χ1) is 8.50. The summed E-state index contributed by atoms with van der Waals surface area (Å²) in [6.45, 7) is 1.38. The molecule has 1 N–H and O–H groups in total. The van der Waals surface area contributed by atoms with Crippen LogP contribution in [0, 0.1) is 10.1 Å². The number of rotatable bonds is 3. The monoisotopic (exact) mass is 270 g/mol. The lowest BCUT2D eigenvalue weighted by Gasteiger charge is -2.35. The zero-order valence-electron chi connectivity index (χ0n) is 9.59. The van der Waals surface area contributed by atoms with Crippen molar-refractivity contribution in [1.29, 1.82) is 0 Å². The Morgan fingerprint density at radius 2 is 2.33 bits per heavy atom. The largest absolute Gasteiger partial charge is 0.336 e. The van der Waals surface area contributed by atoms with Crippen molar-refractivity contribution in [3.05, 3.63) is 33.1 Å². The minimum Gasteiger partial charge on any atom is -0.336 e. The van der Waals surface area contributed by atoms with Crippen LogP contribution in [-0.4, -0.2) is 46.9 Å². The van der Waals surface area contributed by atoms with E-state index < -0.39 is 10.8 Å². The third kappa shape index (κ3) is 2.27. The lowest BCUT2D eigenvalue weighted by molar-refractivity contribution is -0.385. The quantitative estimate of drug-likeness (QED) is 0.496. The normalized spacial score (nSPS) is 15.0. The number of hydrogen-bond acceptors (Lipinski definition) is 5. The van der Waals surface area contributed by atoms with E-state index in [1.165, 1.54) is 11.0 Å². The summed E-state index contributed by atoms with van der Waals surface area (Å²) in [5.41, 5.74) is -0.363. The number of likely N-dealkylation sites (N-methyl/N-ethyl adjacent to an activating group) is 1. The van der Waals surface area contributed by atoms with Gasteiger partial charge in [-0.1, -0.05) is 11.6 Å². The van der Waals surface area contributed by atoms with E-state index in [4.69, 9.17) is 11.6 Å². The molecule has 1 saturated heterocycles. The van der Waals surface area contributed by atoms with Crippen molar-refractivity contribution in [3.63, 3.8) is 0 Å². The van der Waals surface area contributed by atoms with Crippen LogP contribution in [-0.2, 0) is 0 Å². The number of amides is 1. The number of nitrogens with zero attached hydrogens (tertiary/aromatic N) is 3. The fraction of sp³-hybridized carbons (Fsp3) is 0.400. The second kappa shape index (κ2) is 4.87. The number of hydrogen-bond donors (Lipinski definition) is 1. The van der Waals surface area contributed by atoms with Gasteiger partial charge in [0.25, 0.3) is 11.6 Å². The van der Waals surface area contributed by atoms with Crippen molar-refractivity contribution in [3.8, 4) is 0 Å². The third-order valence-corrected chi connectivity index (χ3v) is 3.11. The van der Waals surface area contributed by atoms with Gasteiger partial charge >= 0.3 is 0 Å². The summed E-state index contributed by atoms with van der Waals surface area (Å²) in [4.78, 5) is 27.5. The van der Waals surface area contributed by atoms with Crippen LogP contribution in [0.3, 0.4) is 0 Å². The highest BCUT2D eigenvalue weighted by Gasteiger charge is 2.30. The van der Waals surface area contributed by atoms with Crippen molar-refractivity contribution in [2.45, 2.75) is 6.04 Å². The lowest BCUT2D eigenvalue weighted by atomic mass is 10.1. The summed E-state index contributed by atoms with van der Waals surface area (Å²) >= 11 is 5.68. The molecule has 1 fully saturated rings. The average molecular weight is 271 g/mol. The van der Waals surface area contributed by atoms with Crippen LogP contribution in [0.25, 0.3) is 0 Å². The van der Waals surface area contributed by atoms with Gasteiger partial charge in [-0.25, -0.2) is 4.98 Å². The van der Waals surface area contributed by atoms with Crippen molar-refractivity contribution >= 4 is 23.2 Å². The average Bonchev–Trinajstić information content (AvgIpc) is 2.25. The molecular weight excluding hydrogens is 260 g/mol. The van der Waals surface area contributed by atoms with Crippen molar-refractivity contribution in [2.75, 3.05) is 20.1 Å². The molecule has 0 atom stereocenters. The second-order valence-electron chi connectivity index (χ2n) is 4.01. The predicted octanol–water partition coefficient (Wildman–Crippen LogP) is 0.687. The summed E-state index contributed by atoms with van der Waals surface area (Å²) in [5, 5.41) is 13.9. The van der Waals surface area contributed by atoms with E-state index in [-0.39, 0.29) is 22.4 Å². The minimum atomic E-state index is -0.635. The Hall–Kier alpha value is -1.73.